The first-order chi connectivity index (χ1) is 4.55. The molecule has 0 aromatic rings. The van der Waals surface area contributed by atoms with Crippen LogP contribution in [-0.2, 0) is 0 Å². The summed E-state index contributed by atoms with van der Waals surface area (Å²) >= 11 is 0. The van der Waals surface area contributed by atoms with Gasteiger partial charge in [-0.3, -0.25) is 4.90 Å². The normalized spacial score (nSPS) is 28.2. The maximum absolute atomic E-state index is 8.88. The first-order valence-electron chi connectivity index (χ1n) is 3.93. The number of aliphatic hydroxyl groups excluding tert-OH is 1. The highest BCUT2D eigenvalue weighted by molar-refractivity contribution is 4.90. The molecule has 1 unspecified atom stereocenters. The summed E-state index contributed by atoms with van der Waals surface area (Å²) in [7, 11) is 0. The van der Waals surface area contributed by atoms with Gasteiger partial charge in [0.2, 0.25) is 0 Å². The minimum atomic E-state index is 0.242. The predicted molar refractivity (Wildman–Crippen MR) is 41.9 cm³/mol. The zero-order chi connectivity index (χ0) is 7.78. The highest BCUT2D eigenvalue weighted by Gasteiger charge is 2.34. The average molecular weight is 143 g/mol. The molecule has 1 saturated heterocycles. The topological polar surface area (TPSA) is 23.5 Å². The van der Waals surface area contributed by atoms with Gasteiger partial charge in [-0.15, -0.1) is 0 Å². The molecule has 1 heterocycles. The molecule has 0 radical (unpaired) electrons. The molecule has 0 amide bonds. The van der Waals surface area contributed by atoms with E-state index in [9.17, 15) is 0 Å². The second-order valence-electron chi connectivity index (χ2n) is 3.99. The van der Waals surface area contributed by atoms with Crippen molar-refractivity contribution >= 4 is 0 Å². The molecule has 0 aliphatic carbocycles. The highest BCUT2D eigenvalue weighted by atomic mass is 16.3. The number of nitrogens with zero attached hydrogens (tertiary/aromatic N) is 1. The van der Waals surface area contributed by atoms with E-state index in [1.54, 1.807) is 0 Å². The van der Waals surface area contributed by atoms with Gasteiger partial charge in [-0.2, -0.15) is 0 Å². The van der Waals surface area contributed by atoms with Crippen LogP contribution in [0, 0.1) is 0 Å². The Morgan fingerprint density at radius 3 is 2.20 bits per heavy atom. The first kappa shape index (κ1) is 8.02. The van der Waals surface area contributed by atoms with Gasteiger partial charge in [0.1, 0.15) is 0 Å². The number of hydrogen-bond acceptors (Lipinski definition) is 2. The molecule has 1 N–H and O–H groups in total. The Kier molecular flexibility index (Phi) is 2.02. The maximum Gasteiger partial charge on any atom is 0.0587 e. The van der Waals surface area contributed by atoms with Crippen LogP contribution in [0.4, 0.5) is 0 Å². The molecule has 1 aliphatic heterocycles. The molecular weight excluding hydrogens is 126 g/mol. The molecular formula is C8H17NO. The minimum absolute atomic E-state index is 0.242. The summed E-state index contributed by atoms with van der Waals surface area (Å²) in [5.74, 6) is 0. The van der Waals surface area contributed by atoms with E-state index in [2.05, 4.69) is 25.7 Å². The lowest BCUT2D eigenvalue weighted by Gasteiger charge is -2.48. The van der Waals surface area contributed by atoms with Crippen LogP contribution in [0.25, 0.3) is 0 Å². The summed E-state index contributed by atoms with van der Waals surface area (Å²) < 4.78 is 0. The Labute approximate surface area is 62.8 Å². The van der Waals surface area contributed by atoms with E-state index in [0.29, 0.717) is 12.6 Å². The van der Waals surface area contributed by atoms with E-state index in [1.165, 1.54) is 0 Å². The highest BCUT2D eigenvalue weighted by Crippen LogP contribution is 2.26. The molecule has 1 fully saturated rings. The van der Waals surface area contributed by atoms with Crippen molar-refractivity contribution in [1.82, 2.24) is 4.90 Å². The zero-order valence-electron chi connectivity index (χ0n) is 7.09. The summed E-state index contributed by atoms with van der Waals surface area (Å²) in [6.07, 6.45) is 1.16. The second kappa shape index (κ2) is 2.51. The molecule has 1 aliphatic rings. The fourth-order valence-electron chi connectivity index (χ4n) is 1.51. The van der Waals surface area contributed by atoms with Crippen molar-refractivity contribution in [1.29, 1.82) is 0 Å². The van der Waals surface area contributed by atoms with Gasteiger partial charge in [-0.05, 0) is 27.2 Å². The predicted octanol–water partition coefficient (Wildman–Crippen LogP) is 0.852. The quantitative estimate of drug-likeness (QED) is 0.588. The fourth-order valence-corrected chi connectivity index (χ4v) is 1.51. The van der Waals surface area contributed by atoms with Crippen LogP contribution in [-0.4, -0.2) is 34.7 Å². The Balaban J connectivity index is 2.43. The van der Waals surface area contributed by atoms with E-state index in [-0.39, 0.29) is 5.54 Å². The molecule has 0 aromatic heterocycles. The van der Waals surface area contributed by atoms with Gasteiger partial charge in [-0.1, -0.05) is 0 Å². The molecule has 2 heteroatoms. The third kappa shape index (κ3) is 1.32. The van der Waals surface area contributed by atoms with Crippen molar-refractivity contribution in [3.05, 3.63) is 0 Å². The number of likely N-dealkylation sites (tertiary alicyclic amines) is 1. The minimum Gasteiger partial charge on any atom is -0.395 e. The molecule has 2 nitrogen and oxygen atoms in total. The Morgan fingerprint density at radius 1 is 1.50 bits per heavy atom. The molecule has 0 aromatic carbocycles. The smallest absolute Gasteiger partial charge is 0.0587 e. The zero-order valence-corrected chi connectivity index (χ0v) is 7.09. The standard InChI is InChI=1S/C8H17NO/c1-8(2,3)9-5-4-7(9)6-10/h7,10H,4-6H2,1-3H3. The Hall–Kier alpha value is -0.0800. The lowest BCUT2D eigenvalue weighted by atomic mass is 9.94. The van der Waals surface area contributed by atoms with Gasteiger partial charge in [0.25, 0.3) is 0 Å². The van der Waals surface area contributed by atoms with Gasteiger partial charge < -0.3 is 5.11 Å². The summed E-state index contributed by atoms with van der Waals surface area (Å²) in [5.41, 5.74) is 0.242. The van der Waals surface area contributed by atoms with Crippen molar-refractivity contribution in [3.63, 3.8) is 0 Å². The molecule has 60 valence electrons. The summed E-state index contributed by atoms with van der Waals surface area (Å²) in [4.78, 5) is 2.34. The maximum atomic E-state index is 8.88. The summed E-state index contributed by atoms with van der Waals surface area (Å²) in [5, 5.41) is 8.88. The van der Waals surface area contributed by atoms with Gasteiger partial charge in [-0.25, -0.2) is 0 Å². The Morgan fingerprint density at radius 2 is 2.10 bits per heavy atom. The second-order valence-corrected chi connectivity index (χ2v) is 3.99. The molecule has 0 saturated carbocycles. The monoisotopic (exact) mass is 143 g/mol. The van der Waals surface area contributed by atoms with Crippen LogP contribution in [0.5, 0.6) is 0 Å². The van der Waals surface area contributed by atoms with E-state index < -0.39 is 0 Å². The van der Waals surface area contributed by atoms with E-state index in [4.69, 9.17) is 5.11 Å². The van der Waals surface area contributed by atoms with Crippen LogP contribution in [0.2, 0.25) is 0 Å². The van der Waals surface area contributed by atoms with Crippen molar-refractivity contribution in [3.8, 4) is 0 Å². The van der Waals surface area contributed by atoms with Gasteiger partial charge in [0.05, 0.1) is 6.61 Å². The summed E-state index contributed by atoms with van der Waals surface area (Å²) in [6.45, 7) is 8.03. The van der Waals surface area contributed by atoms with Gasteiger partial charge in [0.15, 0.2) is 0 Å². The SMILES string of the molecule is CC(C)(C)N1CCC1CO. The van der Waals surface area contributed by atoms with Crippen molar-refractivity contribution in [2.75, 3.05) is 13.2 Å². The molecule has 1 rings (SSSR count). The van der Waals surface area contributed by atoms with Gasteiger partial charge >= 0.3 is 0 Å². The van der Waals surface area contributed by atoms with Crippen LogP contribution < -0.4 is 0 Å². The van der Waals surface area contributed by atoms with Crippen molar-refractivity contribution in [2.45, 2.75) is 38.8 Å². The molecule has 1 atom stereocenters. The lowest BCUT2D eigenvalue weighted by molar-refractivity contribution is -0.0261. The Bertz CT molecular complexity index is 115. The number of hydrogen-bond donors (Lipinski definition) is 1. The third-order valence-electron chi connectivity index (χ3n) is 2.22. The van der Waals surface area contributed by atoms with E-state index >= 15 is 0 Å². The fraction of sp³-hybridized carbons (Fsp3) is 1.00. The molecule has 10 heavy (non-hydrogen) atoms. The molecule has 0 bridgehead atoms. The third-order valence-corrected chi connectivity index (χ3v) is 2.22. The van der Waals surface area contributed by atoms with Crippen molar-refractivity contribution < 1.29 is 5.11 Å². The van der Waals surface area contributed by atoms with E-state index in [0.717, 1.165) is 13.0 Å². The van der Waals surface area contributed by atoms with Crippen LogP contribution in [0.3, 0.4) is 0 Å². The van der Waals surface area contributed by atoms with E-state index in [1.807, 2.05) is 0 Å². The van der Waals surface area contributed by atoms with Crippen LogP contribution >= 0.6 is 0 Å². The van der Waals surface area contributed by atoms with Gasteiger partial charge in [0, 0.05) is 18.1 Å². The molecule has 0 spiro atoms. The number of rotatable bonds is 1. The summed E-state index contributed by atoms with van der Waals surface area (Å²) in [6, 6.07) is 0.431. The first-order valence-corrected chi connectivity index (χ1v) is 3.93. The van der Waals surface area contributed by atoms with Crippen LogP contribution in [0.1, 0.15) is 27.2 Å². The number of aliphatic hydroxyl groups is 1. The van der Waals surface area contributed by atoms with Crippen molar-refractivity contribution in [2.24, 2.45) is 0 Å². The largest absolute Gasteiger partial charge is 0.395 e. The van der Waals surface area contributed by atoms with Crippen LogP contribution in [0.15, 0.2) is 0 Å². The average Bonchev–Trinajstić information content (AvgIpc) is 1.57. The lowest BCUT2D eigenvalue weighted by Crippen LogP contribution is -2.58.